The number of hydrogen-bond acceptors (Lipinski definition) is 3. The predicted molar refractivity (Wildman–Crippen MR) is 59.5 cm³/mol. The molecule has 2 nitrogen and oxygen atoms in total. The first kappa shape index (κ1) is 11.6. The third-order valence-electron chi connectivity index (χ3n) is 2.30. The van der Waals surface area contributed by atoms with E-state index < -0.39 is 4.75 Å². The summed E-state index contributed by atoms with van der Waals surface area (Å²) >= 11 is 1.54. The summed E-state index contributed by atoms with van der Waals surface area (Å²) in [6.07, 6.45) is 0.750. The number of aliphatic hydroxyl groups excluding tert-OH is 2. The summed E-state index contributed by atoms with van der Waals surface area (Å²) in [5.41, 5.74) is 0. The summed E-state index contributed by atoms with van der Waals surface area (Å²) in [4.78, 5) is 1.08. The molecule has 2 N–H and O–H groups in total. The lowest BCUT2D eigenvalue weighted by molar-refractivity contribution is 0.170. The second-order valence-electron chi connectivity index (χ2n) is 3.27. The highest BCUT2D eigenvalue weighted by molar-refractivity contribution is 8.00. The molecule has 0 atom stereocenters. The lowest BCUT2D eigenvalue weighted by Crippen LogP contribution is -2.32. The van der Waals surface area contributed by atoms with Gasteiger partial charge < -0.3 is 10.2 Å². The van der Waals surface area contributed by atoms with Gasteiger partial charge in [-0.05, 0) is 18.6 Å². The molecule has 0 amide bonds. The van der Waals surface area contributed by atoms with E-state index in [0.29, 0.717) is 0 Å². The van der Waals surface area contributed by atoms with E-state index in [1.165, 1.54) is 11.8 Å². The summed E-state index contributed by atoms with van der Waals surface area (Å²) in [5.74, 6) is 0. The average molecular weight is 212 g/mol. The van der Waals surface area contributed by atoms with Gasteiger partial charge in [0, 0.05) is 4.90 Å². The molecule has 0 spiro atoms. The predicted octanol–water partition coefficient (Wildman–Crippen LogP) is 1.91. The van der Waals surface area contributed by atoms with E-state index in [1.807, 2.05) is 37.3 Å². The zero-order valence-electron chi connectivity index (χ0n) is 8.31. The van der Waals surface area contributed by atoms with Crippen LogP contribution in [-0.4, -0.2) is 28.2 Å². The number of aliphatic hydroxyl groups is 2. The molecule has 78 valence electrons. The number of benzene rings is 1. The van der Waals surface area contributed by atoms with Crippen LogP contribution in [0.25, 0.3) is 0 Å². The standard InChI is InChI=1S/C11H16O2S/c1-2-11(8-12,9-13)14-10-6-4-3-5-7-10/h3-7,12-13H,2,8-9H2,1H3. The fraction of sp³-hybridized carbons (Fsp3) is 0.455. The molecule has 0 saturated heterocycles. The van der Waals surface area contributed by atoms with Crippen LogP contribution in [0.1, 0.15) is 13.3 Å². The van der Waals surface area contributed by atoms with Crippen molar-refractivity contribution in [2.24, 2.45) is 0 Å². The van der Waals surface area contributed by atoms with Gasteiger partial charge in [0.25, 0.3) is 0 Å². The Hall–Kier alpha value is -0.510. The first-order chi connectivity index (χ1) is 6.76. The Kier molecular flexibility index (Phi) is 4.45. The number of hydrogen-bond donors (Lipinski definition) is 2. The molecular formula is C11H16O2S. The van der Waals surface area contributed by atoms with Gasteiger partial charge in [0.05, 0.1) is 18.0 Å². The molecule has 0 fully saturated rings. The van der Waals surface area contributed by atoms with Crippen LogP contribution in [0.15, 0.2) is 35.2 Å². The minimum Gasteiger partial charge on any atom is -0.395 e. The van der Waals surface area contributed by atoms with Crippen LogP contribution >= 0.6 is 11.8 Å². The molecule has 0 aliphatic rings. The lowest BCUT2D eigenvalue weighted by Gasteiger charge is -2.27. The second-order valence-corrected chi connectivity index (χ2v) is 4.81. The van der Waals surface area contributed by atoms with E-state index in [9.17, 15) is 10.2 Å². The van der Waals surface area contributed by atoms with Crippen molar-refractivity contribution in [2.45, 2.75) is 23.0 Å². The van der Waals surface area contributed by atoms with Gasteiger partial charge in [0.1, 0.15) is 0 Å². The van der Waals surface area contributed by atoms with E-state index in [0.717, 1.165) is 11.3 Å². The SMILES string of the molecule is CCC(CO)(CO)Sc1ccccc1. The summed E-state index contributed by atoms with van der Waals surface area (Å²) in [7, 11) is 0. The van der Waals surface area contributed by atoms with Crippen LogP contribution in [0.4, 0.5) is 0 Å². The maximum absolute atomic E-state index is 9.26. The molecule has 0 aliphatic carbocycles. The van der Waals surface area contributed by atoms with Crippen LogP contribution in [-0.2, 0) is 0 Å². The van der Waals surface area contributed by atoms with Crippen molar-refractivity contribution in [1.82, 2.24) is 0 Å². The van der Waals surface area contributed by atoms with Gasteiger partial charge in [0.15, 0.2) is 0 Å². The van der Waals surface area contributed by atoms with Gasteiger partial charge in [-0.2, -0.15) is 0 Å². The molecule has 1 rings (SSSR count). The molecule has 14 heavy (non-hydrogen) atoms. The van der Waals surface area contributed by atoms with Crippen molar-refractivity contribution in [3.8, 4) is 0 Å². The normalized spacial score (nSPS) is 11.6. The monoisotopic (exact) mass is 212 g/mol. The first-order valence-corrected chi connectivity index (χ1v) is 5.54. The highest BCUT2D eigenvalue weighted by atomic mass is 32.2. The first-order valence-electron chi connectivity index (χ1n) is 4.72. The smallest absolute Gasteiger partial charge is 0.0665 e. The molecule has 0 aromatic heterocycles. The van der Waals surface area contributed by atoms with Gasteiger partial charge in [-0.3, -0.25) is 0 Å². The Bertz CT molecular complexity index is 249. The fourth-order valence-corrected chi connectivity index (χ4v) is 2.22. The molecule has 0 unspecified atom stereocenters. The summed E-state index contributed by atoms with van der Waals surface area (Å²) in [6, 6.07) is 9.84. The largest absolute Gasteiger partial charge is 0.395 e. The fourth-order valence-electron chi connectivity index (χ4n) is 1.15. The van der Waals surface area contributed by atoms with Gasteiger partial charge in [-0.1, -0.05) is 25.1 Å². The van der Waals surface area contributed by atoms with Crippen LogP contribution in [0.5, 0.6) is 0 Å². The zero-order valence-corrected chi connectivity index (χ0v) is 9.13. The third-order valence-corrected chi connectivity index (χ3v) is 3.79. The Morgan fingerprint density at radius 1 is 1.14 bits per heavy atom. The van der Waals surface area contributed by atoms with E-state index in [-0.39, 0.29) is 13.2 Å². The Labute approximate surface area is 89.0 Å². The topological polar surface area (TPSA) is 40.5 Å². The second kappa shape index (κ2) is 5.39. The van der Waals surface area contributed by atoms with Crippen LogP contribution in [0.3, 0.4) is 0 Å². The van der Waals surface area contributed by atoms with Crippen molar-refractivity contribution in [2.75, 3.05) is 13.2 Å². The molecule has 1 aromatic carbocycles. The highest BCUT2D eigenvalue weighted by Gasteiger charge is 2.27. The van der Waals surface area contributed by atoms with Gasteiger partial charge in [-0.25, -0.2) is 0 Å². The maximum atomic E-state index is 9.26. The van der Waals surface area contributed by atoms with E-state index in [4.69, 9.17) is 0 Å². The van der Waals surface area contributed by atoms with E-state index >= 15 is 0 Å². The molecule has 3 heteroatoms. The van der Waals surface area contributed by atoms with E-state index in [1.54, 1.807) is 0 Å². The molecule has 0 saturated carbocycles. The van der Waals surface area contributed by atoms with Crippen LogP contribution in [0, 0.1) is 0 Å². The zero-order chi connectivity index (χ0) is 10.4. The quantitative estimate of drug-likeness (QED) is 0.732. The average Bonchev–Trinajstić information content (AvgIpc) is 2.28. The van der Waals surface area contributed by atoms with Crippen LogP contribution in [0.2, 0.25) is 0 Å². The van der Waals surface area contributed by atoms with E-state index in [2.05, 4.69) is 0 Å². The molecule has 0 aliphatic heterocycles. The molecule has 1 aromatic rings. The minimum atomic E-state index is -0.443. The molecule has 0 bridgehead atoms. The van der Waals surface area contributed by atoms with Crippen molar-refractivity contribution < 1.29 is 10.2 Å². The summed E-state index contributed by atoms with van der Waals surface area (Å²) < 4.78 is -0.443. The van der Waals surface area contributed by atoms with Crippen molar-refractivity contribution >= 4 is 11.8 Å². The summed E-state index contributed by atoms with van der Waals surface area (Å²) in [5, 5.41) is 18.5. The molecule has 0 radical (unpaired) electrons. The third kappa shape index (κ3) is 2.74. The maximum Gasteiger partial charge on any atom is 0.0665 e. The van der Waals surface area contributed by atoms with Gasteiger partial charge >= 0.3 is 0 Å². The van der Waals surface area contributed by atoms with Gasteiger partial charge in [-0.15, -0.1) is 11.8 Å². The van der Waals surface area contributed by atoms with Gasteiger partial charge in [0.2, 0.25) is 0 Å². The Morgan fingerprint density at radius 3 is 2.14 bits per heavy atom. The lowest BCUT2D eigenvalue weighted by atomic mass is 10.1. The Balaban J connectivity index is 2.74. The molecule has 0 heterocycles. The molecular weight excluding hydrogens is 196 g/mol. The van der Waals surface area contributed by atoms with Crippen LogP contribution < -0.4 is 0 Å². The van der Waals surface area contributed by atoms with Crippen molar-refractivity contribution in [1.29, 1.82) is 0 Å². The summed E-state index contributed by atoms with van der Waals surface area (Å²) in [6.45, 7) is 1.97. The number of rotatable bonds is 5. The Morgan fingerprint density at radius 2 is 1.71 bits per heavy atom. The van der Waals surface area contributed by atoms with Crippen molar-refractivity contribution in [3.63, 3.8) is 0 Å². The highest BCUT2D eigenvalue weighted by Crippen LogP contribution is 2.34. The number of thioether (sulfide) groups is 1. The van der Waals surface area contributed by atoms with Crippen molar-refractivity contribution in [3.05, 3.63) is 30.3 Å². The minimum absolute atomic E-state index is 0.000436.